The lowest BCUT2D eigenvalue weighted by molar-refractivity contribution is -0.0509. The van der Waals surface area contributed by atoms with E-state index in [1.54, 1.807) is 6.07 Å². The van der Waals surface area contributed by atoms with Crippen molar-refractivity contribution in [2.45, 2.75) is 6.92 Å². The number of hydrogen-bond acceptors (Lipinski definition) is 2. The van der Waals surface area contributed by atoms with Crippen molar-refractivity contribution < 1.29 is 13.9 Å². The van der Waals surface area contributed by atoms with Gasteiger partial charge in [0.1, 0.15) is 11.6 Å². The van der Waals surface area contributed by atoms with Crippen LogP contribution in [-0.4, -0.2) is 19.8 Å². The summed E-state index contributed by atoms with van der Waals surface area (Å²) in [4.78, 5) is 0. The van der Waals surface area contributed by atoms with Crippen molar-refractivity contribution in [2.24, 2.45) is 5.92 Å². The first-order chi connectivity index (χ1) is 6.75. The van der Waals surface area contributed by atoms with Gasteiger partial charge in [-0.05, 0) is 30.7 Å². The number of ether oxygens (including phenoxy) is 2. The highest BCUT2D eigenvalue weighted by Gasteiger charge is 2.19. The first-order valence-corrected chi connectivity index (χ1v) is 4.72. The summed E-state index contributed by atoms with van der Waals surface area (Å²) in [5, 5.41) is 0. The average Bonchev–Trinajstić information content (AvgIpc) is 2.05. The second kappa shape index (κ2) is 3.96. The summed E-state index contributed by atoms with van der Waals surface area (Å²) < 4.78 is 23.3. The van der Waals surface area contributed by atoms with E-state index in [1.807, 2.05) is 6.92 Å². The largest absolute Gasteiger partial charge is 0.493 e. The van der Waals surface area contributed by atoms with Crippen LogP contribution in [-0.2, 0) is 4.74 Å². The van der Waals surface area contributed by atoms with Gasteiger partial charge >= 0.3 is 0 Å². The van der Waals surface area contributed by atoms with Gasteiger partial charge in [-0.25, -0.2) is 4.39 Å². The molecule has 0 unspecified atom stereocenters. The van der Waals surface area contributed by atoms with Gasteiger partial charge in [-0.3, -0.25) is 0 Å². The maximum atomic E-state index is 12.7. The molecule has 0 N–H and O–H groups in total. The van der Waals surface area contributed by atoms with Crippen LogP contribution in [0.1, 0.15) is 5.56 Å². The van der Waals surface area contributed by atoms with E-state index in [4.69, 9.17) is 9.47 Å². The molecular formula is C11H13FO2. The molecule has 3 heteroatoms. The third-order valence-electron chi connectivity index (χ3n) is 2.32. The Morgan fingerprint density at radius 3 is 2.86 bits per heavy atom. The monoisotopic (exact) mass is 196 g/mol. The van der Waals surface area contributed by atoms with E-state index in [0.29, 0.717) is 12.5 Å². The molecular weight excluding hydrogens is 183 g/mol. The van der Waals surface area contributed by atoms with Crippen LogP contribution in [0.2, 0.25) is 0 Å². The molecule has 1 aliphatic heterocycles. The highest BCUT2D eigenvalue weighted by molar-refractivity contribution is 5.32. The van der Waals surface area contributed by atoms with Gasteiger partial charge < -0.3 is 9.47 Å². The van der Waals surface area contributed by atoms with Gasteiger partial charge in [0, 0.05) is 5.92 Å². The fraction of sp³-hybridized carbons (Fsp3) is 0.455. The summed E-state index contributed by atoms with van der Waals surface area (Å²) >= 11 is 0. The van der Waals surface area contributed by atoms with Crippen LogP contribution in [0.4, 0.5) is 4.39 Å². The third kappa shape index (κ3) is 2.04. The Kier molecular flexibility index (Phi) is 2.68. The van der Waals surface area contributed by atoms with E-state index >= 15 is 0 Å². The van der Waals surface area contributed by atoms with Crippen LogP contribution in [0.25, 0.3) is 0 Å². The number of halogens is 1. The predicted octanol–water partition coefficient (Wildman–Crippen LogP) is 2.16. The van der Waals surface area contributed by atoms with Crippen molar-refractivity contribution >= 4 is 0 Å². The molecule has 1 heterocycles. The van der Waals surface area contributed by atoms with Crippen LogP contribution < -0.4 is 4.74 Å². The molecule has 0 aromatic heterocycles. The Labute approximate surface area is 82.6 Å². The molecule has 0 spiro atoms. The lowest BCUT2D eigenvalue weighted by atomic mass is 10.1. The molecule has 0 saturated carbocycles. The Balaban J connectivity index is 1.94. The lowest BCUT2D eigenvalue weighted by Crippen LogP contribution is -2.32. The fourth-order valence-corrected chi connectivity index (χ4v) is 1.36. The van der Waals surface area contributed by atoms with Crippen LogP contribution in [0.5, 0.6) is 5.75 Å². The molecule has 14 heavy (non-hydrogen) atoms. The Morgan fingerprint density at radius 2 is 2.29 bits per heavy atom. The fourth-order valence-electron chi connectivity index (χ4n) is 1.36. The van der Waals surface area contributed by atoms with E-state index in [-0.39, 0.29) is 5.82 Å². The molecule has 0 bridgehead atoms. The van der Waals surface area contributed by atoms with Gasteiger partial charge in [-0.2, -0.15) is 0 Å². The Hall–Kier alpha value is -1.09. The molecule has 2 nitrogen and oxygen atoms in total. The number of rotatable bonds is 3. The molecule has 1 saturated heterocycles. The average molecular weight is 196 g/mol. The Bertz CT molecular complexity index is 321. The Morgan fingerprint density at radius 1 is 1.50 bits per heavy atom. The highest BCUT2D eigenvalue weighted by Crippen LogP contribution is 2.20. The summed E-state index contributed by atoms with van der Waals surface area (Å²) in [5.41, 5.74) is 0.838. The molecule has 76 valence electrons. The van der Waals surface area contributed by atoms with Gasteiger partial charge in [0.25, 0.3) is 0 Å². The van der Waals surface area contributed by atoms with Gasteiger partial charge in [0.2, 0.25) is 0 Å². The standard InChI is InChI=1S/C11H13FO2/c1-8-4-10(12)2-3-11(8)14-7-9-5-13-6-9/h2-4,9H,5-7H2,1H3. The minimum atomic E-state index is -0.221. The van der Waals surface area contributed by atoms with Crippen molar-refractivity contribution in [1.29, 1.82) is 0 Å². The summed E-state index contributed by atoms with van der Waals surface area (Å²) in [5.74, 6) is 1.04. The van der Waals surface area contributed by atoms with E-state index in [0.717, 1.165) is 24.5 Å². The van der Waals surface area contributed by atoms with E-state index in [2.05, 4.69) is 0 Å². The molecule has 0 atom stereocenters. The minimum Gasteiger partial charge on any atom is -0.493 e. The molecule has 1 aromatic rings. The van der Waals surface area contributed by atoms with Crippen molar-refractivity contribution in [2.75, 3.05) is 19.8 Å². The normalized spacial score (nSPS) is 16.4. The maximum absolute atomic E-state index is 12.7. The van der Waals surface area contributed by atoms with Crippen LogP contribution >= 0.6 is 0 Å². The van der Waals surface area contributed by atoms with Gasteiger partial charge in [0.05, 0.1) is 19.8 Å². The molecule has 1 aliphatic rings. The molecule has 1 aromatic carbocycles. The molecule has 1 fully saturated rings. The smallest absolute Gasteiger partial charge is 0.123 e. The molecule has 2 rings (SSSR count). The number of benzene rings is 1. The highest BCUT2D eigenvalue weighted by atomic mass is 19.1. The first kappa shape index (κ1) is 9.46. The second-order valence-corrected chi connectivity index (χ2v) is 3.62. The number of aryl methyl sites for hydroxylation is 1. The van der Waals surface area contributed by atoms with Crippen molar-refractivity contribution in [3.05, 3.63) is 29.6 Å². The summed E-state index contributed by atoms with van der Waals surface area (Å²) in [6.45, 7) is 4.06. The minimum absolute atomic E-state index is 0.221. The van der Waals surface area contributed by atoms with Crippen molar-refractivity contribution in [3.8, 4) is 5.75 Å². The predicted molar refractivity (Wildman–Crippen MR) is 50.9 cm³/mol. The van der Waals surface area contributed by atoms with E-state index < -0.39 is 0 Å². The van der Waals surface area contributed by atoms with Crippen molar-refractivity contribution in [1.82, 2.24) is 0 Å². The molecule has 0 radical (unpaired) electrons. The maximum Gasteiger partial charge on any atom is 0.123 e. The van der Waals surface area contributed by atoms with E-state index in [1.165, 1.54) is 12.1 Å². The summed E-state index contributed by atoms with van der Waals surface area (Å²) in [7, 11) is 0. The van der Waals surface area contributed by atoms with Crippen molar-refractivity contribution in [3.63, 3.8) is 0 Å². The van der Waals surface area contributed by atoms with E-state index in [9.17, 15) is 4.39 Å². The summed E-state index contributed by atoms with van der Waals surface area (Å²) in [6, 6.07) is 4.57. The zero-order valence-corrected chi connectivity index (χ0v) is 8.13. The van der Waals surface area contributed by atoms with Crippen LogP contribution in [0.3, 0.4) is 0 Å². The van der Waals surface area contributed by atoms with Gasteiger partial charge in [-0.15, -0.1) is 0 Å². The zero-order chi connectivity index (χ0) is 9.97. The third-order valence-corrected chi connectivity index (χ3v) is 2.32. The second-order valence-electron chi connectivity index (χ2n) is 3.62. The molecule has 0 amide bonds. The zero-order valence-electron chi connectivity index (χ0n) is 8.13. The number of hydrogen-bond donors (Lipinski definition) is 0. The van der Waals surface area contributed by atoms with Gasteiger partial charge in [-0.1, -0.05) is 0 Å². The molecule has 0 aliphatic carbocycles. The summed E-state index contributed by atoms with van der Waals surface area (Å²) in [6.07, 6.45) is 0. The topological polar surface area (TPSA) is 18.5 Å². The first-order valence-electron chi connectivity index (χ1n) is 4.72. The SMILES string of the molecule is Cc1cc(F)ccc1OCC1COC1. The van der Waals surface area contributed by atoms with Crippen LogP contribution in [0, 0.1) is 18.7 Å². The van der Waals surface area contributed by atoms with Gasteiger partial charge in [0.15, 0.2) is 0 Å². The lowest BCUT2D eigenvalue weighted by Gasteiger charge is -2.26. The van der Waals surface area contributed by atoms with Crippen LogP contribution in [0.15, 0.2) is 18.2 Å². The quantitative estimate of drug-likeness (QED) is 0.737.